The number of para-hydroxylation sites is 1. The van der Waals surface area contributed by atoms with Crippen molar-refractivity contribution in [2.45, 2.75) is 51.1 Å². The molecule has 1 saturated heterocycles. The molecule has 0 bridgehead atoms. The minimum atomic E-state index is -0.336. The van der Waals surface area contributed by atoms with Gasteiger partial charge in [-0.3, -0.25) is 0 Å². The molecule has 272 valence electrons. The maximum absolute atomic E-state index is 13.2. The van der Waals surface area contributed by atoms with Crippen molar-refractivity contribution in [2.75, 3.05) is 53.7 Å². The first kappa shape index (κ1) is 38.1. The van der Waals surface area contributed by atoms with Crippen LogP contribution in [-0.2, 0) is 38.8 Å². The molecule has 0 saturated carbocycles. The first-order valence-electron chi connectivity index (χ1n) is 17.4. The average Bonchev–Trinajstić information content (AvgIpc) is 3.17. The van der Waals surface area contributed by atoms with Crippen LogP contribution in [-0.4, -0.2) is 70.8 Å². The zero-order valence-electron chi connectivity index (χ0n) is 29.5. The van der Waals surface area contributed by atoms with Crippen LogP contribution in [0.15, 0.2) is 102 Å². The van der Waals surface area contributed by atoms with Gasteiger partial charge in [0.05, 0.1) is 57.3 Å². The summed E-state index contributed by atoms with van der Waals surface area (Å²) in [5, 5.41) is 0. The van der Waals surface area contributed by atoms with E-state index in [1.54, 1.807) is 19.1 Å². The first-order valence-corrected chi connectivity index (χ1v) is 18.2. The van der Waals surface area contributed by atoms with Gasteiger partial charge >= 0.3 is 6.09 Å². The van der Waals surface area contributed by atoms with Gasteiger partial charge in [0.1, 0.15) is 23.9 Å². The summed E-state index contributed by atoms with van der Waals surface area (Å²) < 4.78 is 41.6. The molecular weight excluding hydrogens is 714 g/mol. The smallest absolute Gasteiger partial charge is 0.410 e. The summed E-state index contributed by atoms with van der Waals surface area (Å²) in [6, 6.07) is 31.8. The fourth-order valence-corrected chi connectivity index (χ4v) is 6.31. The zero-order chi connectivity index (χ0) is 35.7. The fourth-order valence-electron chi connectivity index (χ4n) is 5.95. The number of carbonyl (C=O) groups is 1. The lowest BCUT2D eigenvalue weighted by atomic mass is 9.87. The van der Waals surface area contributed by atoms with Crippen molar-refractivity contribution in [1.82, 2.24) is 4.90 Å². The number of ether oxygens (including phenoxy) is 7. The second kappa shape index (κ2) is 20.7. The number of carbonyl (C=O) groups excluding carboxylic acids is 1. The molecule has 2 unspecified atom stereocenters. The van der Waals surface area contributed by atoms with Crippen molar-refractivity contribution in [3.05, 3.63) is 124 Å². The van der Waals surface area contributed by atoms with E-state index in [0.29, 0.717) is 52.7 Å². The number of piperidine rings is 1. The molecule has 1 fully saturated rings. The number of rotatable bonds is 19. The lowest BCUT2D eigenvalue weighted by Crippen LogP contribution is -2.47. The maximum Gasteiger partial charge on any atom is 0.410 e. The van der Waals surface area contributed by atoms with Crippen LogP contribution in [0.25, 0.3) is 0 Å². The number of methoxy groups -OCH3 is 2. The highest BCUT2D eigenvalue weighted by Crippen LogP contribution is 2.33. The van der Waals surface area contributed by atoms with Crippen LogP contribution in [0.2, 0.25) is 0 Å². The van der Waals surface area contributed by atoms with Gasteiger partial charge in [0.2, 0.25) is 0 Å². The highest BCUT2D eigenvalue weighted by atomic mass is 79.9. The van der Waals surface area contributed by atoms with Gasteiger partial charge in [0, 0.05) is 44.6 Å². The van der Waals surface area contributed by atoms with Crippen LogP contribution in [0.1, 0.15) is 47.4 Å². The van der Waals surface area contributed by atoms with E-state index in [0.717, 1.165) is 63.2 Å². The number of hydrogen-bond acceptors (Lipinski definition) is 8. The van der Waals surface area contributed by atoms with E-state index in [-0.39, 0.29) is 24.7 Å². The molecule has 10 heteroatoms. The molecule has 9 nitrogen and oxygen atoms in total. The monoisotopic (exact) mass is 761 g/mol. The lowest BCUT2D eigenvalue weighted by molar-refractivity contribution is -0.0246. The lowest BCUT2D eigenvalue weighted by Gasteiger charge is -2.38. The summed E-state index contributed by atoms with van der Waals surface area (Å²) in [6.45, 7) is 4.42. The maximum atomic E-state index is 13.2. The van der Waals surface area contributed by atoms with Crippen molar-refractivity contribution in [3.63, 3.8) is 0 Å². The van der Waals surface area contributed by atoms with E-state index < -0.39 is 0 Å². The average molecular weight is 763 g/mol. The number of nitrogens with zero attached hydrogens (tertiary/aromatic N) is 1. The van der Waals surface area contributed by atoms with Crippen molar-refractivity contribution < 1.29 is 38.0 Å². The second-order valence-corrected chi connectivity index (χ2v) is 13.2. The summed E-state index contributed by atoms with van der Waals surface area (Å²) in [5.41, 5.74) is 4.10. The summed E-state index contributed by atoms with van der Waals surface area (Å²) in [5.74, 6) is 2.48. The Bertz CT molecular complexity index is 1620. The quantitative estimate of drug-likeness (QED) is 0.0880. The van der Waals surface area contributed by atoms with Gasteiger partial charge in [0.15, 0.2) is 0 Å². The summed E-state index contributed by atoms with van der Waals surface area (Å²) in [4.78, 5) is 14.9. The summed E-state index contributed by atoms with van der Waals surface area (Å²) in [6.07, 6.45) is 1.72. The van der Waals surface area contributed by atoms with E-state index in [1.807, 2.05) is 84.9 Å². The number of amides is 1. The van der Waals surface area contributed by atoms with Crippen LogP contribution in [0, 0.1) is 0 Å². The van der Waals surface area contributed by atoms with Crippen molar-refractivity contribution in [1.29, 1.82) is 0 Å². The molecule has 1 amide bonds. The Morgan fingerprint density at radius 1 is 0.765 bits per heavy atom. The van der Waals surface area contributed by atoms with Gasteiger partial charge in [-0.15, -0.1) is 0 Å². The molecule has 0 N–H and O–H groups in total. The van der Waals surface area contributed by atoms with Gasteiger partial charge in [-0.05, 0) is 69.4 Å². The predicted molar refractivity (Wildman–Crippen MR) is 199 cm³/mol. The molecular formula is C41H48BrNO8. The third kappa shape index (κ3) is 12.0. The van der Waals surface area contributed by atoms with Gasteiger partial charge < -0.3 is 38.1 Å². The standard InChI is InChI=1S/C41H48BrNO8/c1-45-22-8-25-49-39-26-32(14-19-37(39)42)29-50-40-27-43(41(44)51-28-31-10-4-3-5-11-31)21-20-36(40)33-15-17-35(18-16-33)48-24-9-23-47-30-34-12-6-7-13-38(34)46-2/h3-7,10-19,26,36,40H,8-9,20-25,27-30H2,1-2H3. The van der Waals surface area contributed by atoms with E-state index in [4.69, 9.17) is 33.2 Å². The van der Waals surface area contributed by atoms with Crippen LogP contribution in [0.3, 0.4) is 0 Å². The highest BCUT2D eigenvalue weighted by Gasteiger charge is 2.34. The third-order valence-electron chi connectivity index (χ3n) is 8.69. The minimum Gasteiger partial charge on any atom is -0.496 e. The zero-order valence-corrected chi connectivity index (χ0v) is 31.1. The Balaban J connectivity index is 1.17. The predicted octanol–water partition coefficient (Wildman–Crippen LogP) is 8.57. The Labute approximate surface area is 309 Å². The molecule has 0 aliphatic carbocycles. The molecule has 4 aromatic carbocycles. The van der Waals surface area contributed by atoms with Gasteiger partial charge in [-0.1, -0.05) is 66.7 Å². The molecule has 1 heterocycles. The van der Waals surface area contributed by atoms with Crippen molar-refractivity contribution in [2.24, 2.45) is 0 Å². The highest BCUT2D eigenvalue weighted by molar-refractivity contribution is 9.10. The molecule has 0 aromatic heterocycles. The van der Waals surface area contributed by atoms with Crippen LogP contribution >= 0.6 is 15.9 Å². The third-order valence-corrected chi connectivity index (χ3v) is 9.35. The second-order valence-electron chi connectivity index (χ2n) is 12.3. The Hall–Kier alpha value is -4.09. The Morgan fingerprint density at radius 2 is 1.53 bits per heavy atom. The van der Waals surface area contributed by atoms with E-state index in [1.165, 1.54) is 0 Å². The summed E-state index contributed by atoms with van der Waals surface area (Å²) in [7, 11) is 3.35. The molecule has 1 aliphatic heterocycles. The number of hydrogen-bond donors (Lipinski definition) is 0. The van der Waals surface area contributed by atoms with Gasteiger partial charge in [0.25, 0.3) is 0 Å². The van der Waals surface area contributed by atoms with E-state index >= 15 is 0 Å². The van der Waals surface area contributed by atoms with Crippen LogP contribution < -0.4 is 14.2 Å². The largest absolute Gasteiger partial charge is 0.496 e. The number of halogens is 1. The first-order chi connectivity index (χ1) is 25.0. The van der Waals surface area contributed by atoms with E-state index in [9.17, 15) is 4.79 Å². The van der Waals surface area contributed by atoms with E-state index in [2.05, 4.69) is 28.1 Å². The molecule has 0 spiro atoms. The van der Waals surface area contributed by atoms with Crippen LogP contribution in [0.4, 0.5) is 4.79 Å². The number of benzene rings is 4. The molecule has 0 radical (unpaired) electrons. The van der Waals surface area contributed by atoms with Gasteiger partial charge in [-0.25, -0.2) is 4.79 Å². The Morgan fingerprint density at radius 3 is 2.33 bits per heavy atom. The fraction of sp³-hybridized carbons (Fsp3) is 0.390. The molecule has 1 aliphatic rings. The van der Waals surface area contributed by atoms with Crippen LogP contribution in [0.5, 0.6) is 17.2 Å². The normalized spacial score (nSPS) is 15.7. The minimum absolute atomic E-state index is 0.0841. The van der Waals surface area contributed by atoms with Gasteiger partial charge in [-0.2, -0.15) is 0 Å². The van der Waals surface area contributed by atoms with Crippen molar-refractivity contribution >= 4 is 22.0 Å². The molecule has 5 rings (SSSR count). The molecule has 4 aromatic rings. The number of likely N-dealkylation sites (tertiary alicyclic amines) is 1. The Kier molecular flexibility index (Phi) is 15.5. The van der Waals surface area contributed by atoms with Crippen molar-refractivity contribution in [3.8, 4) is 17.2 Å². The topological polar surface area (TPSA) is 84.9 Å². The SMILES string of the molecule is COCCCOc1cc(COC2CN(C(=O)OCc3ccccc3)CCC2c2ccc(OCCCOCc3ccccc3OC)cc2)ccc1Br. The molecule has 51 heavy (non-hydrogen) atoms. The summed E-state index contributed by atoms with van der Waals surface area (Å²) >= 11 is 3.59. The molecule has 2 atom stereocenters.